The van der Waals surface area contributed by atoms with Crippen molar-refractivity contribution in [3.8, 4) is 28.8 Å². The van der Waals surface area contributed by atoms with E-state index in [-0.39, 0.29) is 44.4 Å². The summed E-state index contributed by atoms with van der Waals surface area (Å²) in [5.74, 6) is -0.920. The number of benzene rings is 2. The molecule has 1 amide bonds. The summed E-state index contributed by atoms with van der Waals surface area (Å²) in [6, 6.07) is 10.6. The van der Waals surface area contributed by atoms with Crippen molar-refractivity contribution in [2.45, 2.75) is 19.8 Å². The summed E-state index contributed by atoms with van der Waals surface area (Å²) in [5, 5.41) is 14.1. The molecular formula is C24H15ClF2N4O5. The van der Waals surface area contributed by atoms with Crippen LogP contribution < -0.4 is 19.9 Å². The molecule has 0 saturated carbocycles. The summed E-state index contributed by atoms with van der Waals surface area (Å²) in [5.41, 5.74) is 1.26. The van der Waals surface area contributed by atoms with E-state index in [4.69, 9.17) is 16.0 Å². The molecule has 0 N–H and O–H groups in total. The van der Waals surface area contributed by atoms with Gasteiger partial charge in [-0.2, -0.15) is 10.4 Å². The number of likely N-dealkylation sites (N-methyl/N-ethyl adjacent to an activating group) is 1. The van der Waals surface area contributed by atoms with Crippen molar-refractivity contribution in [1.82, 2.24) is 9.78 Å². The van der Waals surface area contributed by atoms with E-state index >= 15 is 0 Å². The minimum absolute atomic E-state index is 0.145. The van der Waals surface area contributed by atoms with E-state index in [0.29, 0.717) is 11.1 Å². The fraction of sp³-hybridized carbons (Fsp3) is 0.167. The Morgan fingerprint density at radius 2 is 1.94 bits per heavy atom. The molecule has 182 valence electrons. The number of fused-ring (bicyclic) bond motifs is 2. The number of furan rings is 1. The molecule has 9 nitrogen and oxygen atoms in total. The lowest BCUT2D eigenvalue weighted by Crippen LogP contribution is -2.35. The Balaban J connectivity index is 1.52. The number of amides is 1. The molecule has 2 aromatic heterocycles. The number of hydrogen-bond donors (Lipinski definition) is 0. The zero-order valence-electron chi connectivity index (χ0n) is 18.7. The number of ether oxygens (including phenoxy) is 2. The highest BCUT2D eigenvalue weighted by molar-refractivity contribution is 6.31. The van der Waals surface area contributed by atoms with Crippen LogP contribution in [0.25, 0.3) is 22.2 Å². The van der Waals surface area contributed by atoms with Crippen LogP contribution in [0.4, 0.5) is 14.5 Å². The third kappa shape index (κ3) is 4.01. The molecule has 2 aromatic carbocycles. The number of aromatic nitrogens is 2. The SMILES string of the molecule is Cc1cc2c(cc1N(C)C(=O)Cn1nc(-c3cc(Cl)cc(C#N)c3)c3occc3c1=O)OC(F)(F)O2. The molecule has 0 radical (unpaired) electrons. The van der Waals surface area contributed by atoms with Crippen LogP contribution >= 0.6 is 11.6 Å². The predicted octanol–water partition coefficient (Wildman–Crippen LogP) is 4.47. The van der Waals surface area contributed by atoms with Crippen LogP contribution in [0, 0.1) is 18.3 Å². The quantitative estimate of drug-likeness (QED) is 0.396. The van der Waals surface area contributed by atoms with Gasteiger partial charge < -0.3 is 18.8 Å². The van der Waals surface area contributed by atoms with Gasteiger partial charge in [0.25, 0.3) is 5.56 Å². The van der Waals surface area contributed by atoms with E-state index in [1.54, 1.807) is 13.0 Å². The second kappa shape index (κ2) is 8.35. The van der Waals surface area contributed by atoms with Crippen LogP contribution in [0.5, 0.6) is 11.5 Å². The first-order chi connectivity index (χ1) is 17.1. The Hall–Kier alpha value is -4.43. The monoisotopic (exact) mass is 512 g/mol. The lowest BCUT2D eigenvalue weighted by Gasteiger charge is -2.20. The first-order valence-electron chi connectivity index (χ1n) is 10.4. The maximum Gasteiger partial charge on any atom is 0.586 e. The number of hydrogen-bond acceptors (Lipinski definition) is 7. The minimum atomic E-state index is -3.80. The zero-order valence-corrected chi connectivity index (χ0v) is 19.5. The fourth-order valence-electron chi connectivity index (χ4n) is 3.92. The van der Waals surface area contributed by atoms with Gasteiger partial charge in [-0.3, -0.25) is 9.59 Å². The first-order valence-corrected chi connectivity index (χ1v) is 10.8. The summed E-state index contributed by atoms with van der Waals surface area (Å²) in [4.78, 5) is 27.4. The molecule has 0 atom stereocenters. The summed E-state index contributed by atoms with van der Waals surface area (Å²) < 4.78 is 42.2. The van der Waals surface area contributed by atoms with E-state index in [1.807, 2.05) is 6.07 Å². The van der Waals surface area contributed by atoms with Crippen molar-refractivity contribution in [3.05, 3.63) is 69.2 Å². The lowest BCUT2D eigenvalue weighted by molar-refractivity contribution is -0.286. The number of nitriles is 1. The summed E-state index contributed by atoms with van der Waals surface area (Å²) in [6.07, 6.45) is -2.48. The van der Waals surface area contributed by atoms with Crippen LogP contribution in [0.2, 0.25) is 5.02 Å². The molecule has 5 rings (SSSR count). The van der Waals surface area contributed by atoms with Gasteiger partial charge in [-0.25, -0.2) is 4.68 Å². The molecule has 36 heavy (non-hydrogen) atoms. The normalized spacial score (nSPS) is 13.6. The van der Waals surface area contributed by atoms with E-state index in [0.717, 1.165) is 4.68 Å². The Bertz CT molecular complexity index is 1660. The molecule has 0 saturated heterocycles. The molecule has 12 heteroatoms. The largest absolute Gasteiger partial charge is 0.586 e. The number of carbonyl (C=O) groups excluding carboxylic acids is 1. The van der Waals surface area contributed by atoms with Gasteiger partial charge in [0.05, 0.1) is 29.0 Å². The smallest absolute Gasteiger partial charge is 0.462 e. The van der Waals surface area contributed by atoms with Gasteiger partial charge >= 0.3 is 6.29 Å². The molecule has 0 fully saturated rings. The summed E-state index contributed by atoms with van der Waals surface area (Å²) in [6.45, 7) is 1.14. The highest BCUT2D eigenvalue weighted by Crippen LogP contribution is 2.44. The molecule has 1 aliphatic rings. The highest BCUT2D eigenvalue weighted by atomic mass is 35.5. The second-order valence-corrected chi connectivity index (χ2v) is 8.46. The van der Waals surface area contributed by atoms with E-state index in [9.17, 15) is 23.6 Å². The van der Waals surface area contributed by atoms with Gasteiger partial charge in [-0.05, 0) is 42.8 Å². The van der Waals surface area contributed by atoms with Crippen molar-refractivity contribution in [2.75, 3.05) is 11.9 Å². The van der Waals surface area contributed by atoms with Crippen molar-refractivity contribution >= 4 is 34.2 Å². The number of carbonyl (C=O) groups is 1. The van der Waals surface area contributed by atoms with Crippen LogP contribution in [-0.2, 0) is 11.3 Å². The third-order valence-corrected chi connectivity index (χ3v) is 5.82. The van der Waals surface area contributed by atoms with E-state index in [2.05, 4.69) is 14.6 Å². The van der Waals surface area contributed by atoms with E-state index in [1.165, 1.54) is 48.5 Å². The molecular weight excluding hydrogens is 498 g/mol. The third-order valence-electron chi connectivity index (χ3n) is 5.61. The summed E-state index contributed by atoms with van der Waals surface area (Å²) in [7, 11) is 1.43. The maximum atomic E-state index is 13.4. The number of alkyl halides is 2. The molecule has 0 spiro atoms. The van der Waals surface area contributed by atoms with Gasteiger partial charge in [0.2, 0.25) is 5.91 Å². The van der Waals surface area contributed by atoms with Crippen molar-refractivity contribution in [2.24, 2.45) is 0 Å². The maximum absolute atomic E-state index is 13.4. The minimum Gasteiger partial charge on any atom is -0.462 e. The van der Waals surface area contributed by atoms with Crippen LogP contribution in [0.1, 0.15) is 11.1 Å². The van der Waals surface area contributed by atoms with Gasteiger partial charge in [0.1, 0.15) is 12.2 Å². The van der Waals surface area contributed by atoms with Crippen molar-refractivity contribution in [1.29, 1.82) is 5.26 Å². The number of halogens is 3. The Morgan fingerprint density at radius 3 is 2.67 bits per heavy atom. The number of nitrogens with zero attached hydrogens (tertiary/aromatic N) is 4. The van der Waals surface area contributed by atoms with Crippen LogP contribution in [0.15, 0.2) is 51.9 Å². The van der Waals surface area contributed by atoms with Gasteiger partial charge in [-0.15, -0.1) is 8.78 Å². The second-order valence-electron chi connectivity index (χ2n) is 8.02. The molecule has 4 aromatic rings. The van der Waals surface area contributed by atoms with Crippen LogP contribution in [0.3, 0.4) is 0 Å². The topological polar surface area (TPSA) is 111 Å². The van der Waals surface area contributed by atoms with E-state index < -0.39 is 24.3 Å². The average molecular weight is 513 g/mol. The molecule has 0 bridgehead atoms. The van der Waals surface area contributed by atoms with Gasteiger partial charge in [0.15, 0.2) is 17.1 Å². The Labute approximate surface area is 206 Å². The average Bonchev–Trinajstić information content (AvgIpc) is 3.42. The standard InChI is InChI=1S/C24H15ClF2N4O5/c1-12-5-18-19(36-24(26,27)35-18)9-17(12)30(2)20(32)11-31-23(33)16-3-4-34-22(16)21(29-31)14-6-13(10-28)7-15(25)8-14/h3-9H,11H2,1-2H3. The van der Waals surface area contributed by atoms with Crippen molar-refractivity contribution in [3.63, 3.8) is 0 Å². The number of rotatable bonds is 4. The van der Waals surface area contributed by atoms with Crippen LogP contribution in [-0.4, -0.2) is 29.0 Å². The van der Waals surface area contributed by atoms with Gasteiger partial charge in [-0.1, -0.05) is 11.6 Å². The fourth-order valence-corrected chi connectivity index (χ4v) is 4.15. The molecule has 0 unspecified atom stereocenters. The summed E-state index contributed by atoms with van der Waals surface area (Å²) >= 11 is 6.14. The molecule has 1 aliphatic heterocycles. The highest BCUT2D eigenvalue weighted by Gasteiger charge is 2.44. The number of anilines is 1. The number of aryl methyl sites for hydroxylation is 1. The predicted molar refractivity (Wildman–Crippen MR) is 124 cm³/mol. The molecule has 3 heterocycles. The Kier molecular flexibility index (Phi) is 5.41. The zero-order chi connectivity index (χ0) is 25.8. The lowest BCUT2D eigenvalue weighted by atomic mass is 10.1. The first kappa shape index (κ1) is 23.3. The van der Waals surface area contributed by atoms with Gasteiger partial charge in [0, 0.05) is 23.7 Å². The molecule has 0 aliphatic carbocycles. The van der Waals surface area contributed by atoms with Crippen molar-refractivity contribution < 1.29 is 27.5 Å². The Morgan fingerprint density at radius 1 is 1.22 bits per heavy atom.